The van der Waals surface area contributed by atoms with Gasteiger partial charge in [-0.2, -0.15) is 5.10 Å². The Morgan fingerprint density at radius 2 is 1.49 bits per heavy atom. The molecule has 0 saturated heterocycles. The van der Waals surface area contributed by atoms with Crippen molar-refractivity contribution in [3.63, 3.8) is 0 Å². The van der Waals surface area contributed by atoms with Crippen LogP contribution in [0.2, 0.25) is 5.04 Å². The second kappa shape index (κ2) is 9.39. The van der Waals surface area contributed by atoms with Crippen molar-refractivity contribution in [1.29, 1.82) is 0 Å². The third kappa shape index (κ3) is 5.00. The van der Waals surface area contributed by atoms with Gasteiger partial charge in [-0.05, 0) is 55.1 Å². The summed E-state index contributed by atoms with van der Waals surface area (Å²) in [7, 11) is -2.56. The summed E-state index contributed by atoms with van der Waals surface area (Å²) in [4.78, 5) is 11.6. The average Bonchev–Trinajstić information content (AvgIpc) is 3.16. The first-order chi connectivity index (χ1) is 16.4. The van der Waals surface area contributed by atoms with Gasteiger partial charge in [-0.25, -0.2) is 0 Å². The molecular weight excluding hydrogens is 450 g/mol. The fourth-order valence-electron chi connectivity index (χ4n) is 5.37. The number of hydrogen-bond donors (Lipinski definition) is 1. The molecule has 3 aromatic rings. The number of benzene rings is 2. The normalized spacial score (nSPS) is 18.8. The van der Waals surface area contributed by atoms with Crippen LogP contribution in [0.4, 0.5) is 0 Å². The van der Waals surface area contributed by atoms with Gasteiger partial charge >= 0.3 is 0 Å². The molecule has 0 bridgehead atoms. The first-order valence-corrected chi connectivity index (χ1v) is 14.5. The highest BCUT2D eigenvalue weighted by Gasteiger charge is 2.53. The molecule has 0 aliphatic heterocycles. The highest BCUT2D eigenvalue weighted by Crippen LogP contribution is 2.44. The zero-order chi connectivity index (χ0) is 25.4. The van der Waals surface area contributed by atoms with Gasteiger partial charge < -0.3 is 10.2 Å². The Hall–Kier alpha value is -2.70. The third-order valence-corrected chi connectivity index (χ3v) is 12.2. The second-order valence-corrected chi connectivity index (χ2v) is 16.1. The first-order valence-electron chi connectivity index (χ1n) is 12.6. The Morgan fingerprint density at radius 3 is 1.91 bits per heavy atom. The quantitative estimate of drug-likeness (QED) is 0.497. The summed E-state index contributed by atoms with van der Waals surface area (Å²) in [6.45, 7) is 13.3. The highest BCUT2D eigenvalue weighted by atomic mass is 28.4. The van der Waals surface area contributed by atoms with Gasteiger partial charge in [0.05, 0.1) is 17.7 Å². The van der Waals surface area contributed by atoms with Gasteiger partial charge in [-0.15, -0.1) is 0 Å². The van der Waals surface area contributed by atoms with E-state index in [9.17, 15) is 4.79 Å². The number of primary amides is 1. The highest BCUT2D eigenvalue weighted by molar-refractivity contribution is 6.99. The number of nitrogens with zero attached hydrogens (tertiary/aromatic N) is 2. The maximum absolute atomic E-state index is 11.6. The fraction of sp³-hybridized carbons (Fsp3) is 0.448. The van der Waals surface area contributed by atoms with E-state index >= 15 is 0 Å². The van der Waals surface area contributed by atoms with Crippen LogP contribution >= 0.6 is 0 Å². The van der Waals surface area contributed by atoms with E-state index in [2.05, 4.69) is 108 Å². The summed E-state index contributed by atoms with van der Waals surface area (Å²) in [5.41, 5.74) is 7.23. The van der Waals surface area contributed by atoms with Crippen molar-refractivity contribution in [2.45, 2.75) is 83.4 Å². The molecule has 6 heteroatoms. The van der Waals surface area contributed by atoms with Gasteiger partial charge in [-0.1, -0.05) is 81.4 Å². The summed E-state index contributed by atoms with van der Waals surface area (Å²) in [5, 5.41) is 7.50. The molecule has 2 aromatic carbocycles. The SMILES string of the molecule is CC(C)(C)n1nc(C2CC(O[Si](c3ccccc3)(c3ccccc3)C(C)(C)C)C2)cc1CC(N)=O. The molecule has 0 unspecified atom stereocenters. The van der Waals surface area contributed by atoms with Crippen molar-refractivity contribution in [1.82, 2.24) is 9.78 Å². The largest absolute Gasteiger partial charge is 0.404 e. The molecule has 1 aliphatic carbocycles. The van der Waals surface area contributed by atoms with Crippen molar-refractivity contribution >= 4 is 24.6 Å². The summed E-state index contributed by atoms with van der Waals surface area (Å²) in [6.07, 6.45) is 2.24. The molecule has 0 radical (unpaired) electrons. The topological polar surface area (TPSA) is 70.1 Å². The number of rotatable bonds is 7. The zero-order valence-corrected chi connectivity index (χ0v) is 22.9. The van der Waals surface area contributed by atoms with Crippen molar-refractivity contribution < 1.29 is 9.22 Å². The van der Waals surface area contributed by atoms with Gasteiger partial charge in [0, 0.05) is 17.7 Å². The Bertz CT molecular complexity index is 1110. The molecule has 5 nitrogen and oxygen atoms in total. The molecule has 0 spiro atoms. The molecule has 1 heterocycles. The maximum Gasteiger partial charge on any atom is 0.261 e. The molecule has 1 saturated carbocycles. The van der Waals surface area contributed by atoms with Crippen LogP contribution in [-0.2, 0) is 21.2 Å². The van der Waals surface area contributed by atoms with E-state index in [-0.39, 0.29) is 29.0 Å². The molecular formula is C29H39N3O2Si. The van der Waals surface area contributed by atoms with Crippen LogP contribution in [0.25, 0.3) is 0 Å². The summed E-state index contributed by atoms with van der Waals surface area (Å²) < 4.78 is 9.22. The Kier molecular flexibility index (Phi) is 6.82. The predicted octanol–water partition coefficient (Wildman–Crippen LogP) is 4.49. The molecule has 1 aromatic heterocycles. The van der Waals surface area contributed by atoms with Crippen LogP contribution in [-0.4, -0.2) is 30.1 Å². The van der Waals surface area contributed by atoms with Crippen LogP contribution in [0.15, 0.2) is 66.7 Å². The standard InChI is InChI=1S/C29H39N3O2Si/c1-28(2,3)32-22(20-27(30)33)19-26(31-32)21-17-23(18-21)34-35(29(4,5)6,24-13-9-7-10-14-24)25-15-11-8-12-16-25/h7-16,19,21,23H,17-18,20H2,1-6H3,(H2,30,33). The lowest BCUT2D eigenvalue weighted by molar-refractivity contribution is -0.117. The van der Waals surface area contributed by atoms with Crippen LogP contribution in [0.3, 0.4) is 0 Å². The minimum atomic E-state index is -2.56. The molecule has 1 fully saturated rings. The lowest BCUT2D eigenvalue weighted by atomic mass is 9.80. The number of amides is 1. The van der Waals surface area contributed by atoms with Gasteiger partial charge in [0.15, 0.2) is 0 Å². The van der Waals surface area contributed by atoms with E-state index in [1.54, 1.807) is 0 Å². The van der Waals surface area contributed by atoms with Crippen molar-refractivity contribution in [2.24, 2.45) is 5.73 Å². The van der Waals surface area contributed by atoms with Crippen LogP contribution in [0.5, 0.6) is 0 Å². The Labute approximate surface area is 210 Å². The summed E-state index contributed by atoms with van der Waals surface area (Å²) in [5.74, 6) is -0.00288. The molecule has 0 atom stereocenters. The third-order valence-electron chi connectivity index (χ3n) is 7.07. The van der Waals surface area contributed by atoms with Gasteiger partial charge in [0.25, 0.3) is 8.32 Å². The molecule has 4 rings (SSSR count). The minimum Gasteiger partial charge on any atom is -0.404 e. The number of carbonyl (C=O) groups excluding carboxylic acids is 1. The smallest absolute Gasteiger partial charge is 0.261 e. The monoisotopic (exact) mass is 489 g/mol. The van der Waals surface area contributed by atoms with Crippen LogP contribution < -0.4 is 16.1 Å². The number of nitrogens with two attached hydrogens (primary N) is 1. The summed E-state index contributed by atoms with van der Waals surface area (Å²) >= 11 is 0. The van der Waals surface area contributed by atoms with E-state index in [0.29, 0.717) is 5.92 Å². The second-order valence-electron chi connectivity index (χ2n) is 11.9. The lowest BCUT2D eigenvalue weighted by Crippen LogP contribution is -2.68. The maximum atomic E-state index is 11.6. The van der Waals surface area contributed by atoms with Crippen molar-refractivity contribution in [2.75, 3.05) is 0 Å². The van der Waals surface area contributed by atoms with Crippen LogP contribution in [0, 0.1) is 0 Å². The molecule has 1 aliphatic rings. The van der Waals surface area contributed by atoms with Gasteiger partial charge in [-0.3, -0.25) is 9.48 Å². The van der Waals surface area contributed by atoms with E-state index in [1.807, 2.05) is 4.68 Å². The van der Waals surface area contributed by atoms with E-state index in [4.69, 9.17) is 15.3 Å². The number of aromatic nitrogens is 2. The van der Waals surface area contributed by atoms with E-state index in [0.717, 1.165) is 24.2 Å². The number of carbonyl (C=O) groups is 1. The summed E-state index contributed by atoms with van der Waals surface area (Å²) in [6, 6.07) is 23.7. The Morgan fingerprint density at radius 1 is 0.971 bits per heavy atom. The number of hydrogen-bond acceptors (Lipinski definition) is 3. The Balaban J connectivity index is 1.63. The minimum absolute atomic E-state index is 0.0384. The average molecular weight is 490 g/mol. The lowest BCUT2D eigenvalue weighted by Gasteiger charge is -2.48. The molecule has 35 heavy (non-hydrogen) atoms. The first kappa shape index (κ1) is 25.4. The van der Waals surface area contributed by atoms with E-state index in [1.165, 1.54) is 10.4 Å². The predicted molar refractivity (Wildman–Crippen MR) is 145 cm³/mol. The molecule has 1 amide bonds. The van der Waals surface area contributed by atoms with Crippen LogP contribution in [0.1, 0.15) is 71.7 Å². The van der Waals surface area contributed by atoms with Crippen molar-refractivity contribution in [3.8, 4) is 0 Å². The fourth-order valence-corrected chi connectivity index (χ4v) is 10.1. The molecule has 2 N–H and O–H groups in total. The van der Waals surface area contributed by atoms with Gasteiger partial charge in [0.1, 0.15) is 0 Å². The van der Waals surface area contributed by atoms with E-state index < -0.39 is 8.32 Å². The molecule has 186 valence electrons. The van der Waals surface area contributed by atoms with Crippen molar-refractivity contribution in [3.05, 3.63) is 78.1 Å². The zero-order valence-electron chi connectivity index (χ0n) is 21.9. The van der Waals surface area contributed by atoms with Gasteiger partial charge in [0.2, 0.25) is 5.91 Å².